The zero-order valence-electron chi connectivity index (χ0n) is 14.9. The monoisotopic (exact) mass is 341 g/mol. The van der Waals surface area contributed by atoms with Gasteiger partial charge in [-0.2, -0.15) is 0 Å². The molecule has 1 N–H and O–H groups in total. The van der Waals surface area contributed by atoms with Gasteiger partial charge in [0.25, 0.3) is 0 Å². The molecule has 3 rings (SSSR count). The van der Waals surface area contributed by atoms with Crippen LogP contribution in [0.1, 0.15) is 30.9 Å². The Balaban J connectivity index is 1.57. The Morgan fingerprint density at radius 3 is 2.68 bits per heavy atom. The fraction of sp³-hybridized carbons (Fsp3) is 0.429. The SMILES string of the molecule is CCOc1cc(CNCC2CCCO2)ccc1OCc1ccccc1. The second kappa shape index (κ2) is 9.44. The van der Waals surface area contributed by atoms with Crippen LogP contribution in [0.15, 0.2) is 48.5 Å². The van der Waals surface area contributed by atoms with Crippen molar-refractivity contribution in [1.29, 1.82) is 0 Å². The highest BCUT2D eigenvalue weighted by Gasteiger charge is 2.14. The smallest absolute Gasteiger partial charge is 0.161 e. The molecule has 0 aromatic heterocycles. The van der Waals surface area contributed by atoms with Gasteiger partial charge in [-0.25, -0.2) is 0 Å². The van der Waals surface area contributed by atoms with Crippen molar-refractivity contribution in [2.75, 3.05) is 19.8 Å². The quantitative estimate of drug-likeness (QED) is 0.750. The van der Waals surface area contributed by atoms with Gasteiger partial charge in [-0.15, -0.1) is 0 Å². The lowest BCUT2D eigenvalue weighted by atomic mass is 10.2. The van der Waals surface area contributed by atoms with E-state index in [1.54, 1.807) is 0 Å². The molecule has 4 heteroatoms. The van der Waals surface area contributed by atoms with Gasteiger partial charge < -0.3 is 19.5 Å². The number of nitrogens with one attached hydrogen (secondary N) is 1. The van der Waals surface area contributed by atoms with E-state index in [0.29, 0.717) is 19.3 Å². The van der Waals surface area contributed by atoms with Crippen molar-refractivity contribution >= 4 is 0 Å². The molecular formula is C21H27NO3. The lowest BCUT2D eigenvalue weighted by Gasteiger charge is -2.15. The van der Waals surface area contributed by atoms with E-state index in [4.69, 9.17) is 14.2 Å². The largest absolute Gasteiger partial charge is 0.490 e. The first-order valence-electron chi connectivity index (χ1n) is 9.10. The van der Waals surface area contributed by atoms with E-state index in [1.165, 1.54) is 12.0 Å². The van der Waals surface area contributed by atoms with Crippen LogP contribution in [0.25, 0.3) is 0 Å². The van der Waals surface area contributed by atoms with Crippen LogP contribution in [0.3, 0.4) is 0 Å². The molecule has 134 valence electrons. The Bertz CT molecular complexity index is 639. The van der Waals surface area contributed by atoms with Crippen LogP contribution >= 0.6 is 0 Å². The van der Waals surface area contributed by atoms with E-state index in [-0.39, 0.29) is 0 Å². The van der Waals surface area contributed by atoms with Gasteiger partial charge in [-0.1, -0.05) is 36.4 Å². The maximum Gasteiger partial charge on any atom is 0.161 e. The molecule has 1 atom stereocenters. The summed E-state index contributed by atoms with van der Waals surface area (Å²) in [4.78, 5) is 0. The van der Waals surface area contributed by atoms with Gasteiger partial charge in [0.1, 0.15) is 6.61 Å². The van der Waals surface area contributed by atoms with Gasteiger partial charge in [0.05, 0.1) is 12.7 Å². The molecule has 2 aromatic carbocycles. The molecule has 0 radical (unpaired) electrons. The molecule has 1 aliphatic rings. The predicted octanol–water partition coefficient (Wildman–Crippen LogP) is 3.93. The summed E-state index contributed by atoms with van der Waals surface area (Å²) in [6.07, 6.45) is 2.69. The molecule has 1 saturated heterocycles. The molecule has 1 fully saturated rings. The molecule has 25 heavy (non-hydrogen) atoms. The number of rotatable bonds is 9. The van der Waals surface area contributed by atoms with Gasteiger partial charge in [0.2, 0.25) is 0 Å². The average molecular weight is 341 g/mol. The fourth-order valence-electron chi connectivity index (χ4n) is 2.97. The summed E-state index contributed by atoms with van der Waals surface area (Å²) < 4.78 is 17.4. The molecule has 0 amide bonds. The highest BCUT2D eigenvalue weighted by atomic mass is 16.5. The highest BCUT2D eigenvalue weighted by molar-refractivity contribution is 5.43. The molecule has 2 aromatic rings. The van der Waals surface area contributed by atoms with Crippen LogP contribution in [-0.4, -0.2) is 25.9 Å². The van der Waals surface area contributed by atoms with Gasteiger partial charge >= 0.3 is 0 Å². The maximum atomic E-state index is 5.95. The van der Waals surface area contributed by atoms with Gasteiger partial charge in [0, 0.05) is 19.7 Å². The number of benzene rings is 2. The highest BCUT2D eigenvalue weighted by Crippen LogP contribution is 2.29. The third-order valence-electron chi connectivity index (χ3n) is 4.27. The maximum absolute atomic E-state index is 5.95. The van der Waals surface area contributed by atoms with E-state index in [2.05, 4.69) is 29.6 Å². The van der Waals surface area contributed by atoms with E-state index in [1.807, 2.05) is 31.2 Å². The zero-order chi connectivity index (χ0) is 17.3. The third kappa shape index (κ3) is 5.48. The minimum atomic E-state index is 0.361. The van der Waals surface area contributed by atoms with Crippen molar-refractivity contribution in [2.24, 2.45) is 0 Å². The second-order valence-corrected chi connectivity index (χ2v) is 6.25. The summed E-state index contributed by atoms with van der Waals surface area (Å²) in [7, 11) is 0. The Hall–Kier alpha value is -2.04. The molecule has 1 heterocycles. The summed E-state index contributed by atoms with van der Waals surface area (Å²) in [5.41, 5.74) is 2.33. The average Bonchev–Trinajstić information content (AvgIpc) is 3.16. The molecular weight excluding hydrogens is 314 g/mol. The van der Waals surface area contributed by atoms with Gasteiger partial charge in [-0.05, 0) is 43.0 Å². The van der Waals surface area contributed by atoms with Crippen molar-refractivity contribution in [2.45, 2.75) is 39.0 Å². The summed E-state index contributed by atoms with van der Waals surface area (Å²) in [5, 5.41) is 3.47. The minimum absolute atomic E-state index is 0.361. The Morgan fingerprint density at radius 2 is 1.92 bits per heavy atom. The fourth-order valence-corrected chi connectivity index (χ4v) is 2.97. The summed E-state index contributed by atoms with van der Waals surface area (Å²) in [6.45, 7) is 5.75. The first-order valence-corrected chi connectivity index (χ1v) is 9.10. The Labute approximate surface area is 150 Å². The molecule has 1 aliphatic heterocycles. The number of hydrogen-bond donors (Lipinski definition) is 1. The van der Waals surface area contributed by atoms with E-state index in [9.17, 15) is 0 Å². The van der Waals surface area contributed by atoms with Crippen molar-refractivity contribution in [3.05, 3.63) is 59.7 Å². The topological polar surface area (TPSA) is 39.7 Å². The van der Waals surface area contributed by atoms with Crippen molar-refractivity contribution < 1.29 is 14.2 Å². The third-order valence-corrected chi connectivity index (χ3v) is 4.27. The number of hydrogen-bond acceptors (Lipinski definition) is 4. The van der Waals surface area contributed by atoms with Crippen LogP contribution in [-0.2, 0) is 17.9 Å². The van der Waals surface area contributed by atoms with Crippen LogP contribution in [0.4, 0.5) is 0 Å². The normalized spacial score (nSPS) is 16.8. The standard InChI is InChI=1S/C21H27NO3/c1-2-23-21-13-18(14-22-15-19-9-6-12-24-19)10-11-20(21)25-16-17-7-4-3-5-8-17/h3-5,7-8,10-11,13,19,22H,2,6,9,12,14-16H2,1H3. The van der Waals surface area contributed by atoms with E-state index < -0.39 is 0 Å². The minimum Gasteiger partial charge on any atom is -0.490 e. The summed E-state index contributed by atoms with van der Waals surface area (Å²) in [6, 6.07) is 16.3. The Morgan fingerprint density at radius 1 is 1.04 bits per heavy atom. The van der Waals surface area contributed by atoms with Crippen LogP contribution in [0.5, 0.6) is 11.5 Å². The molecule has 4 nitrogen and oxygen atoms in total. The van der Waals surface area contributed by atoms with Crippen LogP contribution < -0.4 is 14.8 Å². The van der Waals surface area contributed by atoms with Gasteiger partial charge in [0.15, 0.2) is 11.5 Å². The zero-order valence-corrected chi connectivity index (χ0v) is 14.9. The van der Waals surface area contributed by atoms with E-state index >= 15 is 0 Å². The second-order valence-electron chi connectivity index (χ2n) is 6.25. The predicted molar refractivity (Wildman–Crippen MR) is 99.1 cm³/mol. The first-order chi connectivity index (χ1) is 12.3. The van der Waals surface area contributed by atoms with Crippen molar-refractivity contribution in [3.8, 4) is 11.5 Å². The Kier molecular flexibility index (Phi) is 6.71. The molecule has 0 saturated carbocycles. The molecule has 0 spiro atoms. The van der Waals surface area contributed by atoms with Crippen LogP contribution in [0.2, 0.25) is 0 Å². The number of ether oxygens (including phenoxy) is 3. The van der Waals surface area contributed by atoms with Crippen molar-refractivity contribution in [1.82, 2.24) is 5.32 Å². The first kappa shape index (κ1) is 17.8. The van der Waals surface area contributed by atoms with Gasteiger partial charge in [-0.3, -0.25) is 0 Å². The summed E-state index contributed by atoms with van der Waals surface area (Å²) >= 11 is 0. The lowest BCUT2D eigenvalue weighted by Crippen LogP contribution is -2.25. The van der Waals surface area contributed by atoms with Crippen molar-refractivity contribution in [3.63, 3.8) is 0 Å². The van der Waals surface area contributed by atoms with Crippen LogP contribution in [0, 0.1) is 0 Å². The van der Waals surface area contributed by atoms with E-state index in [0.717, 1.165) is 43.2 Å². The summed E-state index contributed by atoms with van der Waals surface area (Å²) in [5.74, 6) is 1.59. The lowest BCUT2D eigenvalue weighted by molar-refractivity contribution is 0.110. The molecule has 0 bridgehead atoms. The molecule has 0 aliphatic carbocycles. The molecule has 1 unspecified atom stereocenters.